The zero-order valence-corrected chi connectivity index (χ0v) is 9.59. The average Bonchev–Trinajstić information content (AvgIpc) is 2.63. The van der Waals surface area contributed by atoms with Crippen molar-refractivity contribution in [2.75, 3.05) is 13.1 Å². The Morgan fingerprint density at radius 2 is 2.00 bits per heavy atom. The first-order valence-corrected chi connectivity index (χ1v) is 5.79. The minimum atomic E-state index is 0.819. The number of furan rings is 1. The third kappa shape index (κ3) is 5.60. The Bertz CT molecular complexity index is 258. The Balaban J connectivity index is 1.93. The third-order valence-electron chi connectivity index (χ3n) is 2.40. The molecular formula is C12H22N2O. The fourth-order valence-corrected chi connectivity index (χ4v) is 1.54. The lowest BCUT2D eigenvalue weighted by Gasteiger charge is -2.02. The van der Waals surface area contributed by atoms with E-state index >= 15 is 0 Å². The summed E-state index contributed by atoms with van der Waals surface area (Å²) in [5.41, 5.74) is 5.42. The molecular weight excluding hydrogens is 188 g/mol. The van der Waals surface area contributed by atoms with Gasteiger partial charge in [0.1, 0.15) is 11.5 Å². The zero-order chi connectivity index (χ0) is 10.9. The van der Waals surface area contributed by atoms with Gasteiger partial charge in [-0.2, -0.15) is 0 Å². The van der Waals surface area contributed by atoms with Gasteiger partial charge in [-0.3, -0.25) is 0 Å². The standard InChI is InChI=1S/C12H22N2O/c1-11-6-7-12(15-11)10-14-9-5-3-2-4-8-13/h6-7,14H,2-5,8-10,13H2,1H3. The number of unbranched alkanes of at least 4 members (excludes halogenated alkanes) is 3. The normalized spacial score (nSPS) is 10.8. The van der Waals surface area contributed by atoms with Crippen LogP contribution in [-0.4, -0.2) is 13.1 Å². The van der Waals surface area contributed by atoms with Crippen molar-refractivity contribution in [2.45, 2.75) is 39.2 Å². The van der Waals surface area contributed by atoms with Gasteiger partial charge in [0, 0.05) is 0 Å². The maximum absolute atomic E-state index is 5.45. The van der Waals surface area contributed by atoms with Crippen LogP contribution in [-0.2, 0) is 6.54 Å². The van der Waals surface area contributed by atoms with E-state index in [1.807, 2.05) is 19.1 Å². The van der Waals surface area contributed by atoms with Crippen LogP contribution in [0, 0.1) is 6.92 Å². The van der Waals surface area contributed by atoms with Gasteiger partial charge in [-0.15, -0.1) is 0 Å². The quantitative estimate of drug-likeness (QED) is 0.647. The Morgan fingerprint density at radius 3 is 2.67 bits per heavy atom. The van der Waals surface area contributed by atoms with Gasteiger partial charge in [-0.25, -0.2) is 0 Å². The molecule has 0 bridgehead atoms. The van der Waals surface area contributed by atoms with Crippen molar-refractivity contribution in [3.05, 3.63) is 23.7 Å². The largest absolute Gasteiger partial charge is 0.465 e. The summed E-state index contributed by atoms with van der Waals surface area (Å²) in [5.74, 6) is 2.00. The molecule has 0 amide bonds. The van der Waals surface area contributed by atoms with Crippen molar-refractivity contribution in [3.63, 3.8) is 0 Å². The first kappa shape index (κ1) is 12.3. The predicted molar refractivity (Wildman–Crippen MR) is 62.7 cm³/mol. The molecule has 1 rings (SSSR count). The molecule has 3 N–H and O–H groups in total. The molecule has 3 heteroatoms. The van der Waals surface area contributed by atoms with Crippen molar-refractivity contribution < 1.29 is 4.42 Å². The monoisotopic (exact) mass is 210 g/mol. The second-order valence-electron chi connectivity index (χ2n) is 3.89. The Labute approximate surface area is 92.0 Å². The fraction of sp³-hybridized carbons (Fsp3) is 0.667. The smallest absolute Gasteiger partial charge is 0.117 e. The molecule has 0 aliphatic carbocycles. The minimum absolute atomic E-state index is 0.819. The van der Waals surface area contributed by atoms with E-state index < -0.39 is 0 Å². The van der Waals surface area contributed by atoms with Gasteiger partial charge in [0.25, 0.3) is 0 Å². The van der Waals surface area contributed by atoms with E-state index in [1.54, 1.807) is 0 Å². The minimum Gasteiger partial charge on any atom is -0.465 e. The summed E-state index contributed by atoms with van der Waals surface area (Å²) in [6.07, 6.45) is 4.89. The van der Waals surface area contributed by atoms with Crippen LogP contribution in [0.1, 0.15) is 37.2 Å². The summed E-state index contributed by atoms with van der Waals surface area (Å²) in [6.45, 7) is 4.68. The lowest BCUT2D eigenvalue weighted by atomic mass is 10.2. The van der Waals surface area contributed by atoms with Gasteiger partial charge in [-0.05, 0) is 45.0 Å². The highest BCUT2D eigenvalue weighted by Crippen LogP contribution is 2.05. The number of hydrogen-bond acceptors (Lipinski definition) is 3. The summed E-state index contributed by atoms with van der Waals surface area (Å²) in [6, 6.07) is 4.02. The molecule has 0 saturated heterocycles. The molecule has 1 heterocycles. The molecule has 0 aliphatic heterocycles. The molecule has 0 radical (unpaired) electrons. The highest BCUT2D eigenvalue weighted by atomic mass is 16.3. The molecule has 15 heavy (non-hydrogen) atoms. The molecule has 1 aromatic heterocycles. The summed E-state index contributed by atoms with van der Waals surface area (Å²) < 4.78 is 5.45. The Kier molecular flexibility index (Phi) is 6.12. The van der Waals surface area contributed by atoms with Crippen molar-refractivity contribution in [2.24, 2.45) is 5.73 Å². The van der Waals surface area contributed by atoms with Gasteiger partial charge < -0.3 is 15.5 Å². The fourth-order valence-electron chi connectivity index (χ4n) is 1.54. The molecule has 0 aliphatic rings. The highest BCUT2D eigenvalue weighted by Gasteiger charge is 1.96. The van der Waals surface area contributed by atoms with E-state index in [0.29, 0.717) is 0 Å². The summed E-state index contributed by atoms with van der Waals surface area (Å²) in [5, 5.41) is 3.37. The second-order valence-corrected chi connectivity index (χ2v) is 3.89. The van der Waals surface area contributed by atoms with Crippen LogP contribution in [0.15, 0.2) is 16.5 Å². The maximum atomic E-state index is 5.45. The predicted octanol–water partition coefficient (Wildman–Crippen LogP) is 2.20. The van der Waals surface area contributed by atoms with Gasteiger partial charge >= 0.3 is 0 Å². The van der Waals surface area contributed by atoms with E-state index in [9.17, 15) is 0 Å². The highest BCUT2D eigenvalue weighted by molar-refractivity contribution is 5.04. The lowest BCUT2D eigenvalue weighted by molar-refractivity contribution is 0.458. The van der Waals surface area contributed by atoms with Gasteiger partial charge in [0.2, 0.25) is 0 Å². The van der Waals surface area contributed by atoms with E-state index in [1.165, 1.54) is 19.3 Å². The van der Waals surface area contributed by atoms with Crippen LogP contribution < -0.4 is 11.1 Å². The first-order valence-electron chi connectivity index (χ1n) is 5.79. The summed E-state index contributed by atoms with van der Waals surface area (Å²) in [7, 11) is 0. The first-order chi connectivity index (χ1) is 7.33. The SMILES string of the molecule is Cc1ccc(CNCCCCCCN)o1. The molecule has 86 valence electrons. The number of rotatable bonds is 8. The van der Waals surface area contributed by atoms with Crippen LogP contribution in [0.25, 0.3) is 0 Å². The number of nitrogens with one attached hydrogen (secondary N) is 1. The van der Waals surface area contributed by atoms with Crippen LogP contribution in [0.5, 0.6) is 0 Å². The average molecular weight is 210 g/mol. The molecule has 0 saturated carbocycles. The molecule has 0 aromatic carbocycles. The zero-order valence-electron chi connectivity index (χ0n) is 9.59. The number of nitrogens with two attached hydrogens (primary N) is 1. The molecule has 1 aromatic rings. The molecule has 3 nitrogen and oxygen atoms in total. The molecule has 0 atom stereocenters. The van der Waals surface area contributed by atoms with Crippen molar-refractivity contribution in [1.82, 2.24) is 5.32 Å². The van der Waals surface area contributed by atoms with Crippen LogP contribution in [0.3, 0.4) is 0 Å². The molecule has 0 spiro atoms. The van der Waals surface area contributed by atoms with Crippen LogP contribution in [0.4, 0.5) is 0 Å². The van der Waals surface area contributed by atoms with Crippen molar-refractivity contribution in [3.8, 4) is 0 Å². The van der Waals surface area contributed by atoms with E-state index in [-0.39, 0.29) is 0 Å². The molecule has 0 unspecified atom stereocenters. The van der Waals surface area contributed by atoms with E-state index in [0.717, 1.165) is 37.6 Å². The van der Waals surface area contributed by atoms with Gasteiger partial charge in [-0.1, -0.05) is 12.8 Å². The van der Waals surface area contributed by atoms with Crippen molar-refractivity contribution in [1.29, 1.82) is 0 Å². The third-order valence-corrected chi connectivity index (χ3v) is 2.40. The van der Waals surface area contributed by atoms with Crippen LogP contribution in [0.2, 0.25) is 0 Å². The number of aryl methyl sites for hydroxylation is 1. The Morgan fingerprint density at radius 1 is 1.20 bits per heavy atom. The van der Waals surface area contributed by atoms with Crippen molar-refractivity contribution >= 4 is 0 Å². The van der Waals surface area contributed by atoms with Crippen LogP contribution >= 0.6 is 0 Å². The summed E-state index contributed by atoms with van der Waals surface area (Å²) >= 11 is 0. The number of hydrogen-bond donors (Lipinski definition) is 2. The molecule has 0 fully saturated rings. The maximum Gasteiger partial charge on any atom is 0.117 e. The Hall–Kier alpha value is -0.800. The lowest BCUT2D eigenvalue weighted by Crippen LogP contribution is -2.14. The summed E-state index contributed by atoms with van der Waals surface area (Å²) in [4.78, 5) is 0. The van der Waals surface area contributed by atoms with Gasteiger partial charge in [0.05, 0.1) is 6.54 Å². The van der Waals surface area contributed by atoms with E-state index in [4.69, 9.17) is 10.2 Å². The van der Waals surface area contributed by atoms with E-state index in [2.05, 4.69) is 5.32 Å². The topological polar surface area (TPSA) is 51.2 Å². The second kappa shape index (κ2) is 7.49. The van der Waals surface area contributed by atoms with Gasteiger partial charge in [0.15, 0.2) is 0 Å².